The first-order chi connectivity index (χ1) is 14.6. The van der Waals surface area contributed by atoms with Crippen LogP contribution in [0.25, 0.3) is 0 Å². The lowest BCUT2D eigenvalue weighted by atomic mass is 9.44. The van der Waals surface area contributed by atoms with Crippen LogP contribution in [0.15, 0.2) is 23.8 Å². The maximum Gasteiger partial charge on any atom is 0.227 e. The number of allylic oxidation sites excluding steroid dienone is 4. The van der Waals surface area contributed by atoms with Gasteiger partial charge in [-0.1, -0.05) is 25.5 Å². The second-order valence-electron chi connectivity index (χ2n) is 10.9. The Kier molecular flexibility index (Phi) is 4.00. The molecule has 3 saturated carbocycles. The van der Waals surface area contributed by atoms with Crippen molar-refractivity contribution in [1.29, 1.82) is 0 Å². The van der Waals surface area contributed by atoms with E-state index in [2.05, 4.69) is 13.8 Å². The summed E-state index contributed by atoms with van der Waals surface area (Å²) in [6, 6.07) is 0. The third-order valence-corrected chi connectivity index (χ3v) is 9.99. The Hall–Kier alpha value is -1.12. The van der Waals surface area contributed by atoms with Crippen LogP contribution in [0.1, 0.15) is 46.5 Å². The molecule has 0 amide bonds. The number of fused-ring (bicyclic) bond motifs is 7. The molecule has 170 valence electrons. The molecule has 5 fully saturated rings. The van der Waals surface area contributed by atoms with Crippen molar-refractivity contribution in [3.8, 4) is 0 Å². The first-order valence-electron chi connectivity index (χ1n) is 11.5. The fraction of sp³-hybridized carbons (Fsp3) is 0.792. The van der Waals surface area contributed by atoms with Crippen LogP contribution in [0, 0.1) is 28.6 Å². The molecule has 6 rings (SSSR count). The Morgan fingerprint density at radius 1 is 1.16 bits per heavy atom. The second kappa shape index (κ2) is 6.06. The van der Waals surface area contributed by atoms with Crippen LogP contribution in [0.3, 0.4) is 0 Å². The lowest BCUT2D eigenvalue weighted by Gasteiger charge is -2.63. The number of aliphatic hydroxyl groups is 1. The van der Waals surface area contributed by atoms with Gasteiger partial charge in [-0.05, 0) is 56.6 Å². The van der Waals surface area contributed by atoms with Crippen molar-refractivity contribution < 1.29 is 33.2 Å². The van der Waals surface area contributed by atoms with E-state index in [4.69, 9.17) is 18.9 Å². The van der Waals surface area contributed by atoms with Crippen LogP contribution < -0.4 is 0 Å². The van der Waals surface area contributed by atoms with Gasteiger partial charge in [0.15, 0.2) is 25.0 Å². The summed E-state index contributed by atoms with van der Waals surface area (Å²) in [6.07, 6.45) is 5.80. The zero-order valence-electron chi connectivity index (χ0n) is 18.4. The fourth-order valence-corrected chi connectivity index (χ4v) is 8.74. The number of rotatable bonds is 0. The van der Waals surface area contributed by atoms with E-state index in [0.717, 1.165) is 12.0 Å². The smallest absolute Gasteiger partial charge is 0.227 e. The quantitative estimate of drug-likeness (QED) is 0.632. The standard InChI is InChI=1S/C24H31FO6/c1-14-8-18-17-5-4-15-9-16(26)6-7-20(15,2)23(17,25)19(27)10-21(18,3)24(14)22(30-13-31-24)11-28-12-29-22/h6-7,9,14,17-19,27H,4-5,8,10-13H2,1-3H3/t14-,17-,18-,19-,20-,21-,22?,23-,24+/m0/s1. The number of hydrogen-bond donors (Lipinski definition) is 1. The van der Waals surface area contributed by atoms with E-state index in [9.17, 15) is 9.90 Å². The molecule has 6 aliphatic rings. The Morgan fingerprint density at radius 3 is 2.68 bits per heavy atom. The van der Waals surface area contributed by atoms with Gasteiger partial charge in [0.25, 0.3) is 0 Å². The minimum Gasteiger partial charge on any atom is -0.390 e. The number of ether oxygens (including phenoxy) is 4. The summed E-state index contributed by atoms with van der Waals surface area (Å²) in [6.45, 7) is 6.61. The van der Waals surface area contributed by atoms with Gasteiger partial charge in [0.2, 0.25) is 5.79 Å². The summed E-state index contributed by atoms with van der Waals surface area (Å²) in [5.74, 6) is -1.44. The molecule has 0 aromatic rings. The predicted octanol–water partition coefficient (Wildman–Crippen LogP) is 3.05. The van der Waals surface area contributed by atoms with Crippen molar-refractivity contribution >= 4 is 5.78 Å². The summed E-state index contributed by atoms with van der Waals surface area (Å²) in [5, 5.41) is 11.5. The normalized spacial score (nSPS) is 57.8. The molecule has 1 unspecified atom stereocenters. The van der Waals surface area contributed by atoms with Crippen LogP contribution in [0.4, 0.5) is 4.39 Å². The van der Waals surface area contributed by atoms with E-state index in [0.29, 0.717) is 12.8 Å². The van der Waals surface area contributed by atoms with Gasteiger partial charge in [0.1, 0.15) is 12.2 Å². The van der Waals surface area contributed by atoms with Crippen molar-refractivity contribution in [1.82, 2.24) is 0 Å². The Labute approximate surface area is 181 Å². The Morgan fingerprint density at radius 2 is 1.94 bits per heavy atom. The van der Waals surface area contributed by atoms with Gasteiger partial charge >= 0.3 is 0 Å². The molecule has 9 atom stereocenters. The van der Waals surface area contributed by atoms with E-state index >= 15 is 4.39 Å². The zero-order chi connectivity index (χ0) is 21.9. The maximum atomic E-state index is 17.3. The van der Waals surface area contributed by atoms with Crippen LogP contribution in [0.2, 0.25) is 0 Å². The zero-order valence-corrected chi connectivity index (χ0v) is 18.4. The number of aliphatic hydroxyl groups excluding tert-OH is 1. The molecule has 2 heterocycles. The lowest BCUT2D eigenvalue weighted by Crippen LogP contribution is -2.71. The molecular formula is C24H31FO6. The average molecular weight is 435 g/mol. The van der Waals surface area contributed by atoms with Crippen molar-refractivity contribution in [2.75, 3.05) is 20.2 Å². The van der Waals surface area contributed by atoms with Crippen molar-refractivity contribution in [2.45, 2.75) is 69.6 Å². The molecular weight excluding hydrogens is 403 g/mol. The first-order valence-corrected chi connectivity index (χ1v) is 11.5. The van der Waals surface area contributed by atoms with Gasteiger partial charge in [0, 0.05) is 16.7 Å². The molecule has 2 spiro atoms. The highest BCUT2D eigenvalue weighted by Gasteiger charge is 2.81. The molecule has 31 heavy (non-hydrogen) atoms. The molecule has 0 aromatic carbocycles. The van der Waals surface area contributed by atoms with Gasteiger partial charge in [-0.2, -0.15) is 0 Å². The molecule has 0 radical (unpaired) electrons. The monoisotopic (exact) mass is 434 g/mol. The van der Waals surface area contributed by atoms with E-state index < -0.39 is 34.0 Å². The number of carbonyl (C=O) groups excluding carboxylic acids is 1. The SMILES string of the molecule is C[C@H]1C[C@H]2[C@@H]3CCC4=CC(=O)C=C[C@]4(C)[C@@]3(F)[C@@H](O)C[C@]2(C)[C@]12OCOC21COCO1. The summed E-state index contributed by atoms with van der Waals surface area (Å²) in [5.41, 5.74) is -3.38. The highest BCUT2D eigenvalue weighted by molar-refractivity contribution is 6.01. The number of ketones is 1. The lowest BCUT2D eigenvalue weighted by molar-refractivity contribution is -0.277. The molecule has 6 nitrogen and oxygen atoms in total. The number of halogens is 1. The van der Waals surface area contributed by atoms with E-state index in [1.165, 1.54) is 6.08 Å². The van der Waals surface area contributed by atoms with E-state index in [-0.39, 0.29) is 50.2 Å². The van der Waals surface area contributed by atoms with Gasteiger partial charge in [0.05, 0.1) is 6.10 Å². The summed E-state index contributed by atoms with van der Waals surface area (Å²) < 4.78 is 41.3. The van der Waals surface area contributed by atoms with E-state index in [1.807, 2.05) is 6.92 Å². The summed E-state index contributed by atoms with van der Waals surface area (Å²) in [7, 11) is 0. The van der Waals surface area contributed by atoms with Crippen LogP contribution in [0.5, 0.6) is 0 Å². The number of hydrogen-bond acceptors (Lipinski definition) is 6. The van der Waals surface area contributed by atoms with Gasteiger partial charge in [-0.15, -0.1) is 0 Å². The largest absolute Gasteiger partial charge is 0.390 e. The summed E-state index contributed by atoms with van der Waals surface area (Å²) in [4.78, 5) is 12.0. The molecule has 4 aliphatic carbocycles. The number of alkyl halides is 1. The third kappa shape index (κ3) is 2.05. The molecule has 2 aliphatic heterocycles. The Bertz CT molecular complexity index is 889. The van der Waals surface area contributed by atoms with Gasteiger partial charge in [-0.3, -0.25) is 4.79 Å². The maximum absolute atomic E-state index is 17.3. The van der Waals surface area contributed by atoms with Crippen LogP contribution >= 0.6 is 0 Å². The van der Waals surface area contributed by atoms with Crippen molar-refractivity contribution in [2.24, 2.45) is 28.6 Å². The molecule has 0 bridgehead atoms. The predicted molar refractivity (Wildman–Crippen MR) is 107 cm³/mol. The van der Waals surface area contributed by atoms with E-state index in [1.54, 1.807) is 12.2 Å². The first kappa shape index (κ1) is 20.5. The topological polar surface area (TPSA) is 74.2 Å². The summed E-state index contributed by atoms with van der Waals surface area (Å²) >= 11 is 0. The van der Waals surface area contributed by atoms with Gasteiger partial charge < -0.3 is 24.1 Å². The highest BCUT2D eigenvalue weighted by Crippen LogP contribution is 2.74. The Balaban J connectivity index is 1.48. The van der Waals surface area contributed by atoms with Crippen molar-refractivity contribution in [3.63, 3.8) is 0 Å². The minimum absolute atomic E-state index is 0.0110. The highest BCUT2D eigenvalue weighted by atomic mass is 19.1. The average Bonchev–Trinajstić information content (AvgIpc) is 3.40. The second-order valence-corrected chi connectivity index (χ2v) is 10.9. The van der Waals surface area contributed by atoms with Crippen molar-refractivity contribution in [3.05, 3.63) is 23.8 Å². The third-order valence-electron chi connectivity index (χ3n) is 9.99. The minimum atomic E-state index is -1.84. The fourth-order valence-electron chi connectivity index (χ4n) is 8.74. The molecule has 2 saturated heterocycles. The molecule has 0 aromatic heterocycles. The van der Waals surface area contributed by atoms with Gasteiger partial charge in [-0.25, -0.2) is 4.39 Å². The van der Waals surface area contributed by atoms with Crippen LogP contribution in [-0.2, 0) is 23.7 Å². The molecule has 1 N–H and O–H groups in total. The van der Waals surface area contributed by atoms with Crippen LogP contribution in [-0.4, -0.2) is 54.2 Å². The molecule has 7 heteroatoms. The number of carbonyl (C=O) groups is 1.